The number of ether oxygens (including phenoxy) is 3. The molecule has 1 aliphatic carbocycles. The summed E-state index contributed by atoms with van der Waals surface area (Å²) in [4.78, 5) is 22.9. The molecule has 0 N–H and O–H groups in total. The molecule has 2 fully saturated rings. The van der Waals surface area contributed by atoms with E-state index in [1.807, 2.05) is 13.1 Å². The van der Waals surface area contributed by atoms with Crippen LogP contribution < -0.4 is 9.64 Å². The van der Waals surface area contributed by atoms with E-state index in [2.05, 4.69) is 27.0 Å². The van der Waals surface area contributed by atoms with Crippen molar-refractivity contribution in [2.24, 2.45) is 5.92 Å². The Morgan fingerprint density at radius 1 is 1.21 bits per heavy atom. The van der Waals surface area contributed by atoms with Crippen LogP contribution in [0.5, 0.6) is 5.75 Å². The second-order valence-electron chi connectivity index (χ2n) is 7.34. The van der Waals surface area contributed by atoms with Gasteiger partial charge in [0.1, 0.15) is 12.1 Å². The molecule has 1 saturated heterocycles. The highest BCUT2D eigenvalue weighted by Crippen LogP contribution is 2.34. The minimum absolute atomic E-state index is 0.000406. The molecule has 1 saturated carbocycles. The van der Waals surface area contributed by atoms with Crippen LogP contribution in [-0.4, -0.2) is 55.0 Å². The van der Waals surface area contributed by atoms with E-state index in [1.165, 1.54) is 0 Å². The van der Waals surface area contributed by atoms with E-state index in [0.717, 1.165) is 74.3 Å². The van der Waals surface area contributed by atoms with Gasteiger partial charge < -0.3 is 19.1 Å². The van der Waals surface area contributed by atoms with Crippen molar-refractivity contribution in [2.45, 2.75) is 38.7 Å². The van der Waals surface area contributed by atoms with E-state index < -0.39 is 0 Å². The maximum absolute atomic E-state index is 12.0. The lowest BCUT2D eigenvalue weighted by Crippen LogP contribution is -2.36. The lowest BCUT2D eigenvalue weighted by molar-refractivity contribution is -0.149. The monoisotopic (exact) mass is 385 g/mol. The average molecular weight is 385 g/mol. The maximum Gasteiger partial charge on any atom is 0.308 e. The summed E-state index contributed by atoms with van der Waals surface area (Å²) in [7, 11) is 0. The van der Waals surface area contributed by atoms with Gasteiger partial charge in [0.15, 0.2) is 0 Å². The van der Waals surface area contributed by atoms with Crippen molar-refractivity contribution < 1.29 is 19.0 Å². The third-order valence-corrected chi connectivity index (χ3v) is 5.54. The number of aromatic nitrogens is 2. The molecule has 1 aromatic carbocycles. The molecule has 0 amide bonds. The van der Waals surface area contributed by atoms with Crippen molar-refractivity contribution in [1.82, 2.24) is 9.97 Å². The standard InChI is InChI=1S/C21H27N3O4/c1-2-27-21(25)15-3-5-17(6-4-15)28-20-12-16(24-7-9-26-10-8-24)11-19-18(20)13-22-14-23-19/h11-15,17H,2-10H2,1H3/t15-,17+. The van der Waals surface area contributed by atoms with Crippen LogP contribution in [-0.2, 0) is 14.3 Å². The van der Waals surface area contributed by atoms with Gasteiger partial charge in [-0.2, -0.15) is 0 Å². The summed E-state index contributed by atoms with van der Waals surface area (Å²) in [5.41, 5.74) is 1.99. The molecule has 2 heterocycles. The predicted octanol–water partition coefficient (Wildman–Crippen LogP) is 2.97. The van der Waals surface area contributed by atoms with Gasteiger partial charge in [-0.25, -0.2) is 9.97 Å². The number of anilines is 1. The van der Waals surface area contributed by atoms with E-state index >= 15 is 0 Å². The number of morpholine rings is 1. The Labute approximate surface area is 165 Å². The van der Waals surface area contributed by atoms with Crippen LogP contribution in [0.25, 0.3) is 10.9 Å². The molecule has 2 aromatic rings. The molecule has 0 unspecified atom stereocenters. The van der Waals surface area contributed by atoms with Gasteiger partial charge in [0.05, 0.1) is 42.7 Å². The first-order valence-corrected chi connectivity index (χ1v) is 10.1. The van der Waals surface area contributed by atoms with E-state index in [-0.39, 0.29) is 18.0 Å². The molecule has 150 valence electrons. The van der Waals surface area contributed by atoms with Crippen LogP contribution >= 0.6 is 0 Å². The topological polar surface area (TPSA) is 73.8 Å². The molecule has 0 atom stereocenters. The van der Waals surface area contributed by atoms with Gasteiger partial charge in [-0.05, 0) is 38.7 Å². The molecule has 2 aliphatic rings. The van der Waals surface area contributed by atoms with Crippen LogP contribution in [0, 0.1) is 5.92 Å². The molecular formula is C21H27N3O4. The summed E-state index contributed by atoms with van der Waals surface area (Å²) in [5, 5.41) is 0.923. The van der Waals surface area contributed by atoms with Gasteiger partial charge in [-0.15, -0.1) is 0 Å². The highest BCUT2D eigenvalue weighted by molar-refractivity contribution is 5.88. The van der Waals surface area contributed by atoms with Crippen LogP contribution in [0.2, 0.25) is 0 Å². The van der Waals surface area contributed by atoms with Crippen LogP contribution in [0.1, 0.15) is 32.6 Å². The Balaban J connectivity index is 1.51. The number of benzene rings is 1. The summed E-state index contributed by atoms with van der Waals surface area (Å²) < 4.78 is 17.0. The van der Waals surface area contributed by atoms with Crippen molar-refractivity contribution in [1.29, 1.82) is 0 Å². The number of nitrogens with zero attached hydrogens (tertiary/aromatic N) is 3. The zero-order valence-corrected chi connectivity index (χ0v) is 16.3. The van der Waals surface area contributed by atoms with E-state index in [1.54, 1.807) is 6.33 Å². The third kappa shape index (κ3) is 4.19. The zero-order chi connectivity index (χ0) is 19.3. The lowest BCUT2D eigenvalue weighted by atomic mass is 9.87. The summed E-state index contributed by atoms with van der Waals surface area (Å²) in [6.07, 6.45) is 6.78. The van der Waals surface area contributed by atoms with Crippen molar-refractivity contribution >= 4 is 22.6 Å². The summed E-state index contributed by atoms with van der Waals surface area (Å²) in [6, 6.07) is 4.18. The molecule has 0 spiro atoms. The molecule has 4 rings (SSSR count). The number of hydrogen-bond donors (Lipinski definition) is 0. The molecule has 7 heteroatoms. The fourth-order valence-corrected chi connectivity index (χ4v) is 4.00. The molecule has 0 bridgehead atoms. The van der Waals surface area contributed by atoms with Gasteiger partial charge in [-0.1, -0.05) is 0 Å². The van der Waals surface area contributed by atoms with Gasteiger partial charge in [0, 0.05) is 31.0 Å². The molecule has 0 radical (unpaired) electrons. The number of esters is 1. The highest BCUT2D eigenvalue weighted by Gasteiger charge is 2.28. The van der Waals surface area contributed by atoms with Crippen molar-refractivity contribution in [3.63, 3.8) is 0 Å². The van der Waals surface area contributed by atoms with Crippen molar-refractivity contribution in [2.75, 3.05) is 37.8 Å². The predicted molar refractivity (Wildman–Crippen MR) is 106 cm³/mol. The Morgan fingerprint density at radius 3 is 2.75 bits per heavy atom. The first-order valence-electron chi connectivity index (χ1n) is 10.1. The minimum atomic E-state index is -0.0749. The zero-order valence-electron chi connectivity index (χ0n) is 16.3. The first-order chi connectivity index (χ1) is 13.7. The van der Waals surface area contributed by atoms with E-state index in [9.17, 15) is 4.79 Å². The van der Waals surface area contributed by atoms with Crippen molar-refractivity contribution in [3.8, 4) is 5.75 Å². The van der Waals surface area contributed by atoms with E-state index in [4.69, 9.17) is 14.2 Å². The second kappa shape index (κ2) is 8.73. The number of fused-ring (bicyclic) bond motifs is 1. The number of carbonyl (C=O) groups is 1. The minimum Gasteiger partial charge on any atom is -0.490 e. The molecule has 1 aliphatic heterocycles. The molecule has 7 nitrogen and oxygen atoms in total. The third-order valence-electron chi connectivity index (χ3n) is 5.54. The normalized spacial score (nSPS) is 22.8. The fourth-order valence-electron chi connectivity index (χ4n) is 4.00. The fraction of sp³-hybridized carbons (Fsp3) is 0.571. The van der Waals surface area contributed by atoms with E-state index in [0.29, 0.717) is 6.61 Å². The smallest absolute Gasteiger partial charge is 0.308 e. The summed E-state index contributed by atoms with van der Waals surface area (Å²) in [6.45, 7) is 5.48. The van der Waals surface area contributed by atoms with Crippen molar-refractivity contribution in [3.05, 3.63) is 24.7 Å². The Morgan fingerprint density at radius 2 is 2.00 bits per heavy atom. The number of rotatable bonds is 5. The van der Waals surface area contributed by atoms with Gasteiger partial charge >= 0.3 is 5.97 Å². The Hall–Kier alpha value is -2.41. The Bertz CT molecular complexity index is 814. The summed E-state index contributed by atoms with van der Waals surface area (Å²) in [5.74, 6) is 0.743. The molecular weight excluding hydrogens is 358 g/mol. The number of carbonyl (C=O) groups excluding carboxylic acids is 1. The highest BCUT2D eigenvalue weighted by atomic mass is 16.5. The summed E-state index contributed by atoms with van der Waals surface area (Å²) >= 11 is 0. The Kier molecular flexibility index (Phi) is 5.90. The quantitative estimate of drug-likeness (QED) is 0.733. The average Bonchev–Trinajstić information content (AvgIpc) is 2.75. The largest absolute Gasteiger partial charge is 0.490 e. The van der Waals surface area contributed by atoms with Crippen LogP contribution in [0.15, 0.2) is 24.7 Å². The van der Waals surface area contributed by atoms with Gasteiger partial charge in [0.2, 0.25) is 0 Å². The first kappa shape index (κ1) is 18.9. The number of hydrogen-bond acceptors (Lipinski definition) is 7. The second-order valence-corrected chi connectivity index (χ2v) is 7.34. The van der Waals surface area contributed by atoms with Crippen LogP contribution in [0.3, 0.4) is 0 Å². The molecule has 1 aromatic heterocycles. The SMILES string of the molecule is CCOC(=O)[C@H]1CC[C@@H](Oc2cc(N3CCOCC3)cc3ncncc23)CC1. The van der Waals surface area contributed by atoms with Crippen LogP contribution in [0.4, 0.5) is 5.69 Å². The molecule has 28 heavy (non-hydrogen) atoms. The van der Waals surface area contributed by atoms with Gasteiger partial charge in [0.25, 0.3) is 0 Å². The maximum atomic E-state index is 12.0. The lowest BCUT2D eigenvalue weighted by Gasteiger charge is -2.31. The van der Waals surface area contributed by atoms with Gasteiger partial charge in [-0.3, -0.25) is 4.79 Å².